The first-order chi connectivity index (χ1) is 21.6. The summed E-state index contributed by atoms with van der Waals surface area (Å²) < 4.78 is 10.6. The number of aliphatic hydroxyl groups is 2. The Hall–Kier alpha value is -4.51. The van der Waals surface area contributed by atoms with E-state index in [1.807, 2.05) is 6.07 Å². The zero-order chi connectivity index (χ0) is 32.6. The van der Waals surface area contributed by atoms with Crippen LogP contribution in [0.2, 0.25) is 0 Å². The number of methoxy groups -OCH3 is 2. The highest BCUT2D eigenvalue weighted by molar-refractivity contribution is 5.91. The number of aliphatic hydroxyl groups excluding tert-OH is 2. The summed E-state index contributed by atoms with van der Waals surface area (Å²) in [5.74, 6) is -0.461. The molecule has 6 N–H and O–H groups in total. The molecule has 240 valence electrons. The molecule has 0 bridgehead atoms. The predicted octanol–water partition coefficient (Wildman–Crippen LogP) is 3.39. The van der Waals surface area contributed by atoms with Crippen LogP contribution in [-0.2, 0) is 36.0 Å². The molecule has 45 heavy (non-hydrogen) atoms. The molecule has 1 aromatic heterocycles. The molecular formula is C35H41N2O8-. The highest BCUT2D eigenvalue weighted by atomic mass is 16.5. The lowest BCUT2D eigenvalue weighted by molar-refractivity contribution is -0.129. The Kier molecular flexibility index (Phi) is 11.1. The molecule has 0 aliphatic carbocycles. The molecule has 4 rings (SSSR count). The second kappa shape index (κ2) is 15.0. The molecular weight excluding hydrogens is 576 g/mol. The van der Waals surface area contributed by atoms with Crippen molar-refractivity contribution in [1.82, 2.24) is 10.3 Å². The lowest BCUT2D eigenvalue weighted by Crippen LogP contribution is -2.44. The van der Waals surface area contributed by atoms with Crippen molar-refractivity contribution in [1.29, 1.82) is 0 Å². The van der Waals surface area contributed by atoms with E-state index in [2.05, 4.69) is 10.3 Å². The van der Waals surface area contributed by atoms with Gasteiger partial charge in [0.1, 0.15) is 11.5 Å². The maximum absolute atomic E-state index is 14.5. The number of benzene rings is 3. The molecule has 1 heterocycles. The number of nitrogens with zero attached hydrogens (tertiary/aromatic N) is 1. The molecule has 4 aromatic rings. The van der Waals surface area contributed by atoms with Gasteiger partial charge in [-0.1, -0.05) is 29.8 Å². The summed E-state index contributed by atoms with van der Waals surface area (Å²) in [6, 6.07) is 16.3. The van der Waals surface area contributed by atoms with Crippen molar-refractivity contribution < 1.29 is 39.8 Å². The van der Waals surface area contributed by atoms with Gasteiger partial charge in [0.15, 0.2) is 23.0 Å². The number of phenols is 3. The van der Waals surface area contributed by atoms with Crippen molar-refractivity contribution in [2.24, 2.45) is 5.92 Å². The number of rotatable bonds is 16. The average molecular weight is 618 g/mol. The van der Waals surface area contributed by atoms with Gasteiger partial charge in [0.2, 0.25) is 0 Å². The van der Waals surface area contributed by atoms with Gasteiger partial charge in [-0.25, -0.2) is 0 Å². The summed E-state index contributed by atoms with van der Waals surface area (Å²) in [5.41, 5.74) is 1.87. The van der Waals surface area contributed by atoms with Crippen molar-refractivity contribution in [3.05, 3.63) is 101 Å². The Labute approximate surface area is 262 Å². The van der Waals surface area contributed by atoms with Crippen LogP contribution in [0.4, 0.5) is 0 Å². The van der Waals surface area contributed by atoms with E-state index >= 15 is 0 Å². The van der Waals surface area contributed by atoms with Gasteiger partial charge in [-0.15, -0.1) is 0 Å². The third kappa shape index (κ3) is 7.96. The van der Waals surface area contributed by atoms with Gasteiger partial charge >= 0.3 is 0 Å². The number of ketones is 1. The number of aromatic hydroxyl groups is 3. The molecule has 3 atom stereocenters. The highest BCUT2D eigenvalue weighted by Crippen LogP contribution is 2.37. The summed E-state index contributed by atoms with van der Waals surface area (Å²) in [6.07, 6.45) is 2.78. The Morgan fingerprint density at radius 1 is 0.867 bits per heavy atom. The third-order valence-electron chi connectivity index (χ3n) is 8.26. The van der Waals surface area contributed by atoms with Gasteiger partial charge in [-0.3, -0.25) is 4.79 Å². The van der Waals surface area contributed by atoms with Crippen LogP contribution in [0.3, 0.4) is 0 Å². The number of carbonyl (C=O) groups is 1. The number of aromatic nitrogens is 1. The van der Waals surface area contributed by atoms with Crippen molar-refractivity contribution in [3.63, 3.8) is 0 Å². The predicted molar refractivity (Wildman–Crippen MR) is 169 cm³/mol. The van der Waals surface area contributed by atoms with Gasteiger partial charge in [0, 0.05) is 13.0 Å². The lowest BCUT2D eigenvalue weighted by atomic mass is 9.70. The van der Waals surface area contributed by atoms with Gasteiger partial charge in [-0.05, 0) is 90.9 Å². The zero-order valence-corrected chi connectivity index (χ0v) is 25.7. The van der Waals surface area contributed by atoms with Crippen molar-refractivity contribution in [3.8, 4) is 28.7 Å². The van der Waals surface area contributed by atoms with Gasteiger partial charge in [0.25, 0.3) is 0 Å². The molecule has 0 aliphatic rings. The van der Waals surface area contributed by atoms with Gasteiger partial charge < -0.3 is 45.3 Å². The summed E-state index contributed by atoms with van der Waals surface area (Å²) in [7, 11) is 4.64. The van der Waals surface area contributed by atoms with Gasteiger partial charge in [-0.2, -0.15) is 12.4 Å². The summed E-state index contributed by atoms with van der Waals surface area (Å²) in [5, 5.41) is 56.6. The van der Waals surface area contributed by atoms with Crippen LogP contribution in [-0.4, -0.2) is 65.3 Å². The number of phenolic OH excluding ortho intramolecular Hbond substituents is 3. The van der Waals surface area contributed by atoms with E-state index in [0.717, 1.165) is 11.1 Å². The maximum Gasteiger partial charge on any atom is 0.160 e. The molecule has 0 unspecified atom stereocenters. The summed E-state index contributed by atoms with van der Waals surface area (Å²) >= 11 is 0. The number of ether oxygens (including phenoxy) is 2. The normalized spacial score (nSPS) is 14.0. The Morgan fingerprint density at radius 3 is 2.11 bits per heavy atom. The Morgan fingerprint density at radius 2 is 1.51 bits per heavy atom. The molecule has 0 aliphatic heterocycles. The molecule has 3 aromatic carbocycles. The molecule has 0 spiro atoms. The minimum absolute atomic E-state index is 0.00360. The molecule has 0 fully saturated rings. The molecule has 0 saturated carbocycles. The number of hydrogen-bond acceptors (Lipinski definition) is 9. The monoisotopic (exact) mass is 617 g/mol. The second-order valence-electron chi connectivity index (χ2n) is 11.4. The first kappa shape index (κ1) is 33.4. The average Bonchev–Trinajstić information content (AvgIpc) is 3.54. The number of hydrogen-bond donors (Lipinski definition) is 6. The zero-order valence-electron chi connectivity index (χ0n) is 25.7. The van der Waals surface area contributed by atoms with E-state index in [9.17, 15) is 30.3 Å². The maximum atomic E-state index is 14.5. The first-order valence-electron chi connectivity index (χ1n) is 14.7. The van der Waals surface area contributed by atoms with E-state index in [0.29, 0.717) is 41.8 Å². The molecule has 0 saturated heterocycles. The smallest absolute Gasteiger partial charge is 0.160 e. The lowest BCUT2D eigenvalue weighted by Gasteiger charge is -2.34. The van der Waals surface area contributed by atoms with Crippen molar-refractivity contribution in [2.75, 3.05) is 27.9 Å². The van der Waals surface area contributed by atoms with Crippen molar-refractivity contribution >= 4 is 5.78 Å². The fraction of sp³-hybridized carbons (Fsp3) is 0.343. The van der Waals surface area contributed by atoms with Crippen LogP contribution in [0.15, 0.2) is 73.1 Å². The summed E-state index contributed by atoms with van der Waals surface area (Å²) in [6.45, 7) is -0.185. The Bertz CT molecular complexity index is 1570. The van der Waals surface area contributed by atoms with Crippen molar-refractivity contribution in [2.45, 2.75) is 43.7 Å². The minimum Gasteiger partial charge on any atom is -0.670 e. The largest absolute Gasteiger partial charge is 0.670 e. The van der Waals surface area contributed by atoms with Crippen LogP contribution >= 0.6 is 0 Å². The van der Waals surface area contributed by atoms with Crippen LogP contribution in [0.5, 0.6) is 28.7 Å². The van der Waals surface area contributed by atoms with E-state index < -0.39 is 29.8 Å². The molecule has 0 amide bonds. The van der Waals surface area contributed by atoms with Gasteiger partial charge in [0.05, 0.1) is 32.3 Å². The minimum atomic E-state index is -1.54. The standard InChI is InChI=1S/C35H41N2O8/c1-36-19-25-12-27(16-28(39)13-25)35(21-38,18-23-5-7-30(41)33(15-23)45-3)34(43)17-31(42)26(11-24-8-9-37-20-24)10-22-4-6-29(40)32(14-22)44-2/h4-9,12-16,20,26,31,36,38-42H,10-11,17-19,21H2,1-3H3/q-1/t26-,31+,35-/m0/s1. The number of Topliss-reactive ketones (excluding diaryl/α,β-unsaturated/α-hetero) is 1. The van der Waals surface area contributed by atoms with Crippen LogP contribution in [0, 0.1) is 5.92 Å². The third-order valence-corrected chi connectivity index (χ3v) is 8.26. The van der Waals surface area contributed by atoms with E-state index in [1.54, 1.807) is 55.8 Å². The van der Waals surface area contributed by atoms with Crippen LogP contribution < -0.4 is 19.8 Å². The quantitative estimate of drug-likeness (QED) is 0.110. The fourth-order valence-corrected chi connectivity index (χ4v) is 5.83. The highest BCUT2D eigenvalue weighted by Gasteiger charge is 2.42. The van der Waals surface area contributed by atoms with Crippen LogP contribution in [0.1, 0.15) is 34.2 Å². The number of nitrogens with one attached hydrogen (secondary N) is 1. The fourth-order valence-electron chi connectivity index (χ4n) is 5.83. The summed E-state index contributed by atoms with van der Waals surface area (Å²) in [4.78, 5) is 18.6. The van der Waals surface area contributed by atoms with E-state index in [-0.39, 0.29) is 35.8 Å². The van der Waals surface area contributed by atoms with E-state index in [4.69, 9.17) is 9.47 Å². The number of carbonyl (C=O) groups excluding carboxylic acids is 1. The topological polar surface area (TPSA) is 163 Å². The van der Waals surface area contributed by atoms with E-state index in [1.165, 1.54) is 32.4 Å². The SMILES string of the molecule is CNCc1cc(O)cc([C@@](CO)(Cc2ccc(O)c(OC)c2)C(=O)C[C@@H](O)[C@H](Cc2cc[n-]c2)Cc2ccc(O)c(OC)c2)c1. The molecule has 10 nitrogen and oxygen atoms in total. The first-order valence-corrected chi connectivity index (χ1v) is 14.7. The second-order valence-corrected chi connectivity index (χ2v) is 11.4. The molecule has 0 radical (unpaired) electrons. The Balaban J connectivity index is 1.73. The van der Waals surface area contributed by atoms with Crippen LogP contribution in [0.25, 0.3) is 0 Å². The molecule has 10 heteroatoms.